The lowest BCUT2D eigenvalue weighted by molar-refractivity contribution is 0.0662. The van der Waals surface area contributed by atoms with E-state index in [0.717, 1.165) is 13.1 Å². The van der Waals surface area contributed by atoms with Crippen molar-refractivity contribution < 1.29 is 9.59 Å². The summed E-state index contributed by atoms with van der Waals surface area (Å²) in [5.74, 6) is -0.0316. The van der Waals surface area contributed by atoms with Crippen molar-refractivity contribution in [1.29, 1.82) is 0 Å². The highest BCUT2D eigenvalue weighted by Crippen LogP contribution is 2.23. The number of fused-ring (bicyclic) bond motifs is 1. The van der Waals surface area contributed by atoms with Crippen molar-refractivity contribution in [2.24, 2.45) is 5.92 Å². The van der Waals surface area contributed by atoms with Gasteiger partial charge in [0, 0.05) is 43.9 Å². The molecule has 1 atom stereocenters. The van der Waals surface area contributed by atoms with Gasteiger partial charge in [0.25, 0.3) is 11.5 Å². The number of pyridine rings is 1. The molecule has 22 heavy (non-hydrogen) atoms. The third-order valence-corrected chi connectivity index (χ3v) is 4.53. The highest BCUT2D eigenvalue weighted by molar-refractivity contribution is 6.01. The van der Waals surface area contributed by atoms with E-state index in [9.17, 15) is 14.4 Å². The average Bonchev–Trinajstić information content (AvgIpc) is 2.46. The Kier molecular flexibility index (Phi) is 3.87. The maximum atomic E-state index is 12.6. The smallest absolute Gasteiger partial charge is 0.261 e. The van der Waals surface area contributed by atoms with Gasteiger partial charge in [0.2, 0.25) is 0 Å². The molecule has 1 aromatic heterocycles. The zero-order chi connectivity index (χ0) is 15.9. The van der Waals surface area contributed by atoms with Crippen LogP contribution in [0.25, 0.3) is 0 Å². The molecule has 0 spiro atoms. The molecule has 0 bridgehead atoms. The number of piperazine rings is 1. The molecule has 2 heterocycles. The van der Waals surface area contributed by atoms with Crippen LogP contribution in [0.4, 0.5) is 0 Å². The fourth-order valence-electron chi connectivity index (χ4n) is 3.16. The molecule has 1 fully saturated rings. The Morgan fingerprint density at radius 1 is 1.18 bits per heavy atom. The predicted octanol–water partition coefficient (Wildman–Crippen LogP) is 0.528. The first-order chi connectivity index (χ1) is 10.5. The number of hydrogen-bond acceptors (Lipinski definition) is 4. The van der Waals surface area contributed by atoms with Gasteiger partial charge in [-0.1, -0.05) is 6.92 Å². The first-order valence-electron chi connectivity index (χ1n) is 7.73. The number of ketones is 1. The quantitative estimate of drug-likeness (QED) is 0.821. The van der Waals surface area contributed by atoms with Crippen LogP contribution in [0.1, 0.15) is 39.8 Å². The Balaban J connectivity index is 1.91. The van der Waals surface area contributed by atoms with Gasteiger partial charge in [-0.15, -0.1) is 0 Å². The largest absolute Gasteiger partial charge is 0.336 e. The van der Waals surface area contributed by atoms with Crippen LogP contribution in [-0.4, -0.2) is 59.7 Å². The summed E-state index contributed by atoms with van der Waals surface area (Å²) in [6.07, 6.45) is 1.15. The molecular weight excluding hydrogens is 282 g/mol. The number of likely N-dealkylation sites (N-methyl/N-ethyl adjacent to an activating group) is 1. The molecule has 118 valence electrons. The number of aromatic nitrogens is 1. The Labute approximate surface area is 129 Å². The molecule has 0 radical (unpaired) electrons. The molecule has 1 aliphatic carbocycles. The minimum absolute atomic E-state index is 0.0115. The predicted molar refractivity (Wildman–Crippen MR) is 82.3 cm³/mol. The van der Waals surface area contributed by atoms with Crippen molar-refractivity contribution in [2.75, 3.05) is 33.2 Å². The van der Waals surface area contributed by atoms with Crippen LogP contribution in [0.2, 0.25) is 0 Å². The maximum absolute atomic E-state index is 12.6. The number of aromatic amines is 1. The van der Waals surface area contributed by atoms with Gasteiger partial charge in [0.15, 0.2) is 5.78 Å². The van der Waals surface area contributed by atoms with Gasteiger partial charge in [0.05, 0.1) is 0 Å². The maximum Gasteiger partial charge on any atom is 0.261 e. The van der Waals surface area contributed by atoms with Gasteiger partial charge < -0.3 is 14.8 Å². The fourth-order valence-corrected chi connectivity index (χ4v) is 3.16. The number of H-pyrrole nitrogens is 1. The molecule has 3 rings (SSSR count). The van der Waals surface area contributed by atoms with E-state index < -0.39 is 0 Å². The van der Waals surface area contributed by atoms with E-state index in [-0.39, 0.29) is 28.7 Å². The molecule has 2 aliphatic rings. The van der Waals surface area contributed by atoms with Crippen molar-refractivity contribution in [3.05, 3.63) is 33.2 Å². The van der Waals surface area contributed by atoms with Crippen LogP contribution in [0, 0.1) is 5.92 Å². The molecule has 1 aromatic rings. The number of nitrogens with zero attached hydrogens (tertiary/aromatic N) is 2. The van der Waals surface area contributed by atoms with Crippen molar-refractivity contribution in [3.8, 4) is 0 Å². The number of Topliss-reactive ketones (excluding diaryl/α,β-unsaturated/α-hetero) is 1. The van der Waals surface area contributed by atoms with E-state index in [1.807, 2.05) is 14.0 Å². The molecule has 0 saturated carbocycles. The standard InChI is InChI=1S/C16H21N3O3/c1-10-7-13-11(14(20)8-10)9-12(15(21)17-13)16(22)19-5-3-18(2)4-6-19/h9-10H,3-8H2,1-2H3,(H,17,21). The van der Waals surface area contributed by atoms with Crippen molar-refractivity contribution in [1.82, 2.24) is 14.8 Å². The van der Waals surface area contributed by atoms with E-state index in [4.69, 9.17) is 0 Å². The zero-order valence-corrected chi connectivity index (χ0v) is 13.0. The molecule has 1 N–H and O–H groups in total. The number of rotatable bonds is 1. The van der Waals surface area contributed by atoms with Gasteiger partial charge in [0.1, 0.15) is 5.56 Å². The number of carbonyl (C=O) groups excluding carboxylic acids is 2. The summed E-state index contributed by atoms with van der Waals surface area (Å²) in [6, 6.07) is 1.50. The third kappa shape index (κ3) is 2.70. The lowest BCUT2D eigenvalue weighted by Gasteiger charge is -2.32. The fraction of sp³-hybridized carbons (Fsp3) is 0.562. The normalized spacial score (nSPS) is 22.5. The van der Waals surface area contributed by atoms with Crippen LogP contribution in [-0.2, 0) is 6.42 Å². The highest BCUT2D eigenvalue weighted by atomic mass is 16.2. The molecule has 1 unspecified atom stereocenters. The molecule has 1 saturated heterocycles. The average molecular weight is 303 g/mol. The topological polar surface area (TPSA) is 73.5 Å². The second kappa shape index (κ2) is 5.68. The summed E-state index contributed by atoms with van der Waals surface area (Å²) in [6.45, 7) is 4.80. The molecule has 0 aromatic carbocycles. The monoisotopic (exact) mass is 303 g/mol. The van der Waals surface area contributed by atoms with Crippen LogP contribution >= 0.6 is 0 Å². The Hall–Kier alpha value is -1.95. The van der Waals surface area contributed by atoms with E-state index in [0.29, 0.717) is 37.2 Å². The molecule has 6 nitrogen and oxygen atoms in total. The van der Waals surface area contributed by atoms with E-state index >= 15 is 0 Å². The van der Waals surface area contributed by atoms with Gasteiger partial charge in [-0.05, 0) is 25.5 Å². The number of carbonyl (C=O) groups is 2. The van der Waals surface area contributed by atoms with Crippen LogP contribution in [0.3, 0.4) is 0 Å². The van der Waals surface area contributed by atoms with Gasteiger partial charge in [-0.2, -0.15) is 0 Å². The summed E-state index contributed by atoms with van der Waals surface area (Å²) >= 11 is 0. The minimum atomic E-state index is -0.385. The first-order valence-corrected chi connectivity index (χ1v) is 7.73. The van der Waals surface area contributed by atoms with Gasteiger partial charge in [-0.3, -0.25) is 14.4 Å². The van der Waals surface area contributed by atoms with E-state index in [1.54, 1.807) is 4.90 Å². The van der Waals surface area contributed by atoms with Crippen molar-refractivity contribution in [3.63, 3.8) is 0 Å². The summed E-state index contributed by atoms with van der Waals surface area (Å²) in [4.78, 5) is 43.5. The molecule has 1 amide bonds. The second-order valence-corrected chi connectivity index (χ2v) is 6.44. The number of amides is 1. The van der Waals surface area contributed by atoms with Crippen LogP contribution in [0.15, 0.2) is 10.9 Å². The summed E-state index contributed by atoms with van der Waals surface area (Å²) in [7, 11) is 2.01. The van der Waals surface area contributed by atoms with Crippen LogP contribution < -0.4 is 5.56 Å². The third-order valence-electron chi connectivity index (χ3n) is 4.53. The summed E-state index contributed by atoms with van der Waals surface area (Å²) < 4.78 is 0. The second-order valence-electron chi connectivity index (χ2n) is 6.44. The SMILES string of the molecule is CC1CC(=O)c2cc(C(=O)N3CCN(C)CC3)c(=O)[nH]c2C1. The lowest BCUT2D eigenvalue weighted by atomic mass is 9.86. The molecule has 6 heteroatoms. The number of nitrogens with one attached hydrogen (secondary N) is 1. The Bertz CT molecular complexity index is 672. The van der Waals surface area contributed by atoms with E-state index in [1.165, 1.54) is 6.07 Å². The summed E-state index contributed by atoms with van der Waals surface area (Å²) in [5.41, 5.74) is 0.884. The Morgan fingerprint density at radius 3 is 2.55 bits per heavy atom. The summed E-state index contributed by atoms with van der Waals surface area (Å²) in [5, 5.41) is 0. The highest BCUT2D eigenvalue weighted by Gasteiger charge is 2.28. The molecule has 1 aliphatic heterocycles. The van der Waals surface area contributed by atoms with Gasteiger partial charge in [-0.25, -0.2) is 0 Å². The Morgan fingerprint density at radius 2 is 1.86 bits per heavy atom. The zero-order valence-electron chi connectivity index (χ0n) is 13.0. The first kappa shape index (κ1) is 15.0. The van der Waals surface area contributed by atoms with Crippen LogP contribution in [0.5, 0.6) is 0 Å². The minimum Gasteiger partial charge on any atom is -0.336 e. The molecular formula is C16H21N3O3. The van der Waals surface area contributed by atoms with Crippen molar-refractivity contribution in [2.45, 2.75) is 19.8 Å². The lowest BCUT2D eigenvalue weighted by Crippen LogP contribution is -2.48. The van der Waals surface area contributed by atoms with Gasteiger partial charge >= 0.3 is 0 Å². The number of hydrogen-bond donors (Lipinski definition) is 1. The van der Waals surface area contributed by atoms with E-state index in [2.05, 4.69) is 9.88 Å². The van der Waals surface area contributed by atoms with Crippen molar-refractivity contribution >= 4 is 11.7 Å².